The SMILES string of the molecule is CCNC(C)C(Sc1c2ccccc2nc2ccc(Cl)cc12)C(=O)O. The lowest BCUT2D eigenvalue weighted by atomic mass is 10.1. The lowest BCUT2D eigenvalue weighted by molar-refractivity contribution is -0.136. The van der Waals surface area contributed by atoms with Gasteiger partial charge in [0.05, 0.1) is 11.0 Å². The summed E-state index contributed by atoms with van der Waals surface area (Å²) in [7, 11) is 0. The van der Waals surface area contributed by atoms with Crippen molar-refractivity contribution in [2.45, 2.75) is 30.0 Å². The van der Waals surface area contributed by atoms with Crippen molar-refractivity contribution in [1.82, 2.24) is 10.3 Å². The predicted octanol–water partition coefficient (Wildman–Crippen LogP) is 4.58. The van der Waals surface area contributed by atoms with Crippen LogP contribution in [0, 0.1) is 0 Å². The van der Waals surface area contributed by atoms with Crippen LogP contribution in [0.4, 0.5) is 0 Å². The largest absolute Gasteiger partial charge is 0.480 e. The molecule has 0 spiro atoms. The van der Waals surface area contributed by atoms with Gasteiger partial charge in [-0.25, -0.2) is 4.98 Å². The number of nitrogens with one attached hydrogen (secondary N) is 1. The first-order valence-corrected chi connectivity index (χ1v) is 9.38. The number of aromatic nitrogens is 1. The number of fused-ring (bicyclic) bond motifs is 2. The first-order chi connectivity index (χ1) is 12.0. The summed E-state index contributed by atoms with van der Waals surface area (Å²) in [6.45, 7) is 4.58. The van der Waals surface area contributed by atoms with Crippen LogP contribution in [-0.2, 0) is 4.79 Å². The number of para-hydroxylation sites is 1. The lowest BCUT2D eigenvalue weighted by Crippen LogP contribution is -2.40. The van der Waals surface area contributed by atoms with E-state index < -0.39 is 11.2 Å². The summed E-state index contributed by atoms with van der Waals surface area (Å²) in [6, 6.07) is 13.1. The topological polar surface area (TPSA) is 62.2 Å². The van der Waals surface area contributed by atoms with Gasteiger partial charge in [-0.05, 0) is 37.7 Å². The Hall–Kier alpha value is -1.82. The van der Waals surface area contributed by atoms with Crippen LogP contribution in [0.25, 0.3) is 21.8 Å². The molecule has 1 aromatic heterocycles. The molecule has 0 aliphatic heterocycles. The summed E-state index contributed by atoms with van der Waals surface area (Å²) < 4.78 is 0. The Morgan fingerprint density at radius 2 is 1.96 bits per heavy atom. The molecule has 1 heterocycles. The maximum Gasteiger partial charge on any atom is 0.318 e. The summed E-state index contributed by atoms with van der Waals surface area (Å²) in [5.74, 6) is -0.838. The second kappa shape index (κ2) is 7.60. The number of carboxylic acids is 1. The standard InChI is InChI=1S/C19H19ClN2O2S/c1-3-21-11(2)17(19(23)24)25-18-13-6-4-5-7-15(13)22-16-9-8-12(20)10-14(16)18/h4-11,17,21H,3H2,1-2H3,(H,23,24). The van der Waals surface area contributed by atoms with E-state index >= 15 is 0 Å². The summed E-state index contributed by atoms with van der Waals surface area (Å²) in [5.41, 5.74) is 1.66. The summed E-state index contributed by atoms with van der Waals surface area (Å²) in [4.78, 5) is 17.4. The van der Waals surface area contributed by atoms with Crippen molar-refractivity contribution in [1.29, 1.82) is 0 Å². The van der Waals surface area contributed by atoms with E-state index in [0.29, 0.717) is 5.02 Å². The minimum absolute atomic E-state index is 0.173. The highest BCUT2D eigenvalue weighted by Gasteiger charge is 2.27. The number of aliphatic carboxylic acids is 1. The molecule has 0 radical (unpaired) electrons. The molecular weight excluding hydrogens is 356 g/mol. The van der Waals surface area contributed by atoms with Crippen molar-refractivity contribution >= 4 is 51.1 Å². The number of carboxylic acid groups (broad SMARTS) is 1. The van der Waals surface area contributed by atoms with Crippen LogP contribution in [-0.4, -0.2) is 33.9 Å². The number of carbonyl (C=O) groups is 1. The number of hydrogen-bond donors (Lipinski definition) is 2. The first-order valence-electron chi connectivity index (χ1n) is 8.12. The van der Waals surface area contributed by atoms with Crippen LogP contribution in [0.15, 0.2) is 47.4 Å². The highest BCUT2D eigenvalue weighted by molar-refractivity contribution is 8.01. The first kappa shape index (κ1) is 18.0. The molecule has 0 fully saturated rings. The summed E-state index contributed by atoms with van der Waals surface area (Å²) >= 11 is 7.54. The second-order valence-electron chi connectivity index (χ2n) is 5.84. The maximum absolute atomic E-state index is 11.9. The zero-order chi connectivity index (χ0) is 18.0. The average molecular weight is 375 g/mol. The number of hydrogen-bond acceptors (Lipinski definition) is 4. The molecule has 3 aromatic rings. The summed E-state index contributed by atoms with van der Waals surface area (Å²) in [6.07, 6.45) is 0. The number of benzene rings is 2. The van der Waals surface area contributed by atoms with Gasteiger partial charge in [0, 0.05) is 26.7 Å². The van der Waals surface area contributed by atoms with Crippen LogP contribution < -0.4 is 5.32 Å². The Morgan fingerprint density at radius 1 is 1.24 bits per heavy atom. The molecule has 0 saturated heterocycles. The molecule has 3 rings (SSSR count). The predicted molar refractivity (Wildman–Crippen MR) is 105 cm³/mol. The average Bonchev–Trinajstić information content (AvgIpc) is 2.58. The molecule has 4 nitrogen and oxygen atoms in total. The Balaban J connectivity index is 2.20. The van der Waals surface area contributed by atoms with Gasteiger partial charge in [-0.3, -0.25) is 4.79 Å². The van der Waals surface area contributed by atoms with Gasteiger partial charge in [-0.15, -0.1) is 11.8 Å². The van der Waals surface area contributed by atoms with Crippen molar-refractivity contribution in [2.24, 2.45) is 0 Å². The van der Waals surface area contributed by atoms with Gasteiger partial charge in [0.15, 0.2) is 0 Å². The van der Waals surface area contributed by atoms with Crippen molar-refractivity contribution < 1.29 is 9.90 Å². The van der Waals surface area contributed by atoms with E-state index in [9.17, 15) is 9.90 Å². The fourth-order valence-electron chi connectivity index (χ4n) is 2.87. The van der Waals surface area contributed by atoms with Gasteiger partial charge in [-0.2, -0.15) is 0 Å². The van der Waals surface area contributed by atoms with Crippen LogP contribution in [0.3, 0.4) is 0 Å². The number of rotatable bonds is 6. The van der Waals surface area contributed by atoms with E-state index in [1.54, 1.807) is 6.07 Å². The molecule has 2 aromatic carbocycles. The maximum atomic E-state index is 11.9. The highest BCUT2D eigenvalue weighted by Crippen LogP contribution is 2.38. The van der Waals surface area contributed by atoms with Gasteiger partial charge < -0.3 is 10.4 Å². The fraction of sp³-hybridized carbons (Fsp3) is 0.263. The third kappa shape index (κ3) is 3.73. The fourth-order valence-corrected chi connectivity index (χ4v) is 4.29. The molecule has 2 unspecified atom stereocenters. The van der Waals surface area contributed by atoms with Crippen molar-refractivity contribution in [2.75, 3.05) is 6.54 Å². The quantitative estimate of drug-likeness (QED) is 0.488. The van der Waals surface area contributed by atoms with Gasteiger partial charge in [-0.1, -0.05) is 36.7 Å². The van der Waals surface area contributed by atoms with Crippen LogP contribution in [0.1, 0.15) is 13.8 Å². The highest BCUT2D eigenvalue weighted by atomic mass is 35.5. The Labute approximate surface area is 155 Å². The number of halogens is 1. The molecular formula is C19H19ClN2O2S. The summed E-state index contributed by atoms with van der Waals surface area (Å²) in [5, 5.41) is 14.8. The van der Waals surface area contributed by atoms with Gasteiger partial charge in [0.2, 0.25) is 0 Å². The zero-order valence-corrected chi connectivity index (χ0v) is 15.6. The van der Waals surface area contributed by atoms with Crippen LogP contribution in [0.2, 0.25) is 5.02 Å². The second-order valence-corrected chi connectivity index (χ2v) is 7.43. The third-order valence-electron chi connectivity index (χ3n) is 4.06. The van der Waals surface area contributed by atoms with E-state index in [0.717, 1.165) is 33.2 Å². The minimum atomic E-state index is -0.838. The van der Waals surface area contributed by atoms with Crippen molar-refractivity contribution in [3.8, 4) is 0 Å². The zero-order valence-electron chi connectivity index (χ0n) is 14.0. The van der Waals surface area contributed by atoms with E-state index in [1.807, 2.05) is 50.2 Å². The molecule has 0 bridgehead atoms. The molecule has 2 N–H and O–H groups in total. The minimum Gasteiger partial charge on any atom is -0.480 e. The normalized spacial score (nSPS) is 13.9. The molecule has 0 aliphatic carbocycles. The lowest BCUT2D eigenvalue weighted by Gasteiger charge is -2.22. The molecule has 0 amide bonds. The third-order valence-corrected chi connectivity index (χ3v) is 5.84. The van der Waals surface area contributed by atoms with Crippen molar-refractivity contribution in [3.63, 3.8) is 0 Å². The van der Waals surface area contributed by atoms with Gasteiger partial charge in [0.25, 0.3) is 0 Å². The van der Waals surface area contributed by atoms with Crippen LogP contribution in [0.5, 0.6) is 0 Å². The number of pyridine rings is 1. The molecule has 25 heavy (non-hydrogen) atoms. The Bertz CT molecular complexity index is 932. The van der Waals surface area contributed by atoms with Crippen LogP contribution >= 0.6 is 23.4 Å². The van der Waals surface area contributed by atoms with Gasteiger partial charge >= 0.3 is 5.97 Å². The van der Waals surface area contributed by atoms with E-state index in [1.165, 1.54) is 11.8 Å². The smallest absolute Gasteiger partial charge is 0.318 e. The molecule has 130 valence electrons. The number of thioether (sulfide) groups is 1. The van der Waals surface area contributed by atoms with E-state index in [2.05, 4.69) is 10.3 Å². The number of nitrogens with zero attached hydrogens (tertiary/aromatic N) is 1. The molecule has 0 saturated carbocycles. The molecule has 0 aliphatic rings. The van der Waals surface area contributed by atoms with Crippen molar-refractivity contribution in [3.05, 3.63) is 47.5 Å². The Morgan fingerprint density at radius 3 is 2.68 bits per heavy atom. The van der Waals surface area contributed by atoms with E-state index in [4.69, 9.17) is 11.6 Å². The molecule has 2 atom stereocenters. The van der Waals surface area contributed by atoms with Gasteiger partial charge in [0.1, 0.15) is 5.25 Å². The monoisotopic (exact) mass is 374 g/mol. The molecule has 6 heteroatoms. The Kier molecular flexibility index (Phi) is 5.47. The van der Waals surface area contributed by atoms with E-state index in [-0.39, 0.29) is 6.04 Å².